The molecule has 0 N–H and O–H groups in total. The second-order valence-electron chi connectivity index (χ2n) is 5.71. The second-order valence-corrected chi connectivity index (χ2v) is 5.71. The van der Waals surface area contributed by atoms with Gasteiger partial charge < -0.3 is 14.5 Å². The van der Waals surface area contributed by atoms with Crippen LogP contribution in [0.1, 0.15) is 12.8 Å². The Labute approximate surface area is 142 Å². The first kappa shape index (κ1) is 16.2. The lowest BCUT2D eigenvalue weighted by Gasteiger charge is -2.22. The third kappa shape index (κ3) is 4.44. The summed E-state index contributed by atoms with van der Waals surface area (Å²) in [6, 6.07) is 13.4. The van der Waals surface area contributed by atoms with Crippen molar-refractivity contribution in [1.82, 2.24) is 15.1 Å². The fourth-order valence-electron chi connectivity index (χ4n) is 2.79. The Morgan fingerprint density at radius 3 is 2.71 bits per heavy atom. The maximum Gasteiger partial charge on any atom is 0.226 e. The molecule has 0 aliphatic carbocycles. The largest absolute Gasteiger partial charge is 0.493 e. The molecule has 0 bridgehead atoms. The standard InChI is InChI=1S/C18H22N4O2/c23-18(9-15-24-16-6-2-1-3-7-16)22-12-5-11-21(13-14-22)17-8-4-10-19-20-17/h1-4,6-8,10H,5,9,11-15H2. The Hall–Kier alpha value is -2.63. The summed E-state index contributed by atoms with van der Waals surface area (Å²) in [4.78, 5) is 16.5. The SMILES string of the molecule is O=C(CCOc1ccccc1)N1CCCN(c2cccnn2)CC1. The molecule has 1 aromatic heterocycles. The number of amides is 1. The van der Waals surface area contributed by atoms with Crippen molar-refractivity contribution in [2.75, 3.05) is 37.7 Å². The predicted molar refractivity (Wildman–Crippen MR) is 92.0 cm³/mol. The Balaban J connectivity index is 1.46. The number of hydrogen-bond donors (Lipinski definition) is 0. The third-order valence-electron chi connectivity index (χ3n) is 4.06. The molecule has 0 unspecified atom stereocenters. The van der Waals surface area contributed by atoms with Gasteiger partial charge in [-0.2, -0.15) is 5.10 Å². The summed E-state index contributed by atoms with van der Waals surface area (Å²) < 4.78 is 5.61. The van der Waals surface area contributed by atoms with Crippen LogP contribution < -0.4 is 9.64 Å². The van der Waals surface area contributed by atoms with Gasteiger partial charge in [0.25, 0.3) is 0 Å². The quantitative estimate of drug-likeness (QED) is 0.841. The normalized spacial score (nSPS) is 15.0. The summed E-state index contributed by atoms with van der Waals surface area (Å²) in [6.07, 6.45) is 3.01. The maximum atomic E-state index is 12.4. The minimum absolute atomic E-state index is 0.145. The van der Waals surface area contributed by atoms with E-state index in [2.05, 4.69) is 15.1 Å². The van der Waals surface area contributed by atoms with E-state index in [-0.39, 0.29) is 5.91 Å². The highest BCUT2D eigenvalue weighted by molar-refractivity contribution is 5.76. The monoisotopic (exact) mass is 326 g/mol. The van der Waals surface area contributed by atoms with Crippen LogP contribution in [0.3, 0.4) is 0 Å². The van der Waals surface area contributed by atoms with Gasteiger partial charge in [-0.15, -0.1) is 5.10 Å². The topological polar surface area (TPSA) is 58.6 Å². The maximum absolute atomic E-state index is 12.4. The average molecular weight is 326 g/mol. The highest BCUT2D eigenvalue weighted by atomic mass is 16.5. The molecule has 1 aromatic carbocycles. The molecule has 24 heavy (non-hydrogen) atoms. The van der Waals surface area contributed by atoms with Gasteiger partial charge >= 0.3 is 0 Å². The van der Waals surface area contributed by atoms with Gasteiger partial charge in [-0.25, -0.2) is 0 Å². The molecule has 1 saturated heterocycles. The van der Waals surface area contributed by atoms with Crippen molar-refractivity contribution < 1.29 is 9.53 Å². The number of carbonyl (C=O) groups is 1. The number of nitrogens with zero attached hydrogens (tertiary/aromatic N) is 4. The molecule has 126 valence electrons. The zero-order chi connectivity index (χ0) is 16.6. The van der Waals surface area contributed by atoms with Crippen LogP contribution in [0.5, 0.6) is 5.75 Å². The van der Waals surface area contributed by atoms with E-state index < -0.39 is 0 Å². The zero-order valence-corrected chi connectivity index (χ0v) is 13.7. The predicted octanol–water partition coefficient (Wildman–Crippen LogP) is 1.98. The molecule has 1 aliphatic rings. The molecule has 0 atom stereocenters. The van der Waals surface area contributed by atoms with E-state index in [4.69, 9.17) is 4.74 Å². The Morgan fingerprint density at radius 1 is 1.04 bits per heavy atom. The lowest BCUT2D eigenvalue weighted by molar-refractivity contribution is -0.131. The molecular weight excluding hydrogens is 304 g/mol. The lowest BCUT2D eigenvalue weighted by atomic mass is 10.3. The summed E-state index contributed by atoms with van der Waals surface area (Å²) in [5.74, 6) is 1.82. The number of carbonyl (C=O) groups excluding carboxylic acids is 1. The summed E-state index contributed by atoms with van der Waals surface area (Å²) >= 11 is 0. The first-order valence-electron chi connectivity index (χ1n) is 8.31. The van der Waals surface area contributed by atoms with E-state index in [1.165, 1.54) is 0 Å². The molecule has 0 spiro atoms. The first-order valence-corrected chi connectivity index (χ1v) is 8.31. The van der Waals surface area contributed by atoms with E-state index >= 15 is 0 Å². The van der Waals surface area contributed by atoms with E-state index in [9.17, 15) is 4.79 Å². The van der Waals surface area contributed by atoms with E-state index in [0.717, 1.165) is 37.6 Å². The van der Waals surface area contributed by atoms with E-state index in [1.54, 1.807) is 6.20 Å². The molecule has 3 rings (SSSR count). The van der Waals surface area contributed by atoms with Crippen LogP contribution >= 0.6 is 0 Å². The Bertz CT molecular complexity index is 636. The fraction of sp³-hybridized carbons (Fsp3) is 0.389. The number of anilines is 1. The molecule has 1 fully saturated rings. The second kappa shape index (κ2) is 8.29. The number of ether oxygens (including phenoxy) is 1. The van der Waals surface area contributed by atoms with Gasteiger partial charge in [0, 0.05) is 32.4 Å². The summed E-state index contributed by atoms with van der Waals surface area (Å²) in [5, 5.41) is 8.07. The van der Waals surface area contributed by atoms with Crippen LogP contribution in [0, 0.1) is 0 Å². The van der Waals surface area contributed by atoms with Gasteiger partial charge in [0.1, 0.15) is 5.75 Å². The van der Waals surface area contributed by atoms with Crippen LogP contribution in [0.2, 0.25) is 0 Å². The molecule has 1 amide bonds. The van der Waals surface area contributed by atoms with Gasteiger partial charge in [0.15, 0.2) is 5.82 Å². The van der Waals surface area contributed by atoms with Crippen LogP contribution in [0.15, 0.2) is 48.7 Å². The van der Waals surface area contributed by atoms with Crippen LogP contribution in [0.4, 0.5) is 5.82 Å². The minimum atomic E-state index is 0.145. The van der Waals surface area contributed by atoms with Crippen molar-refractivity contribution in [1.29, 1.82) is 0 Å². The van der Waals surface area contributed by atoms with Gasteiger partial charge in [-0.05, 0) is 30.7 Å². The lowest BCUT2D eigenvalue weighted by Crippen LogP contribution is -2.36. The summed E-state index contributed by atoms with van der Waals surface area (Å²) in [5.41, 5.74) is 0. The Kier molecular flexibility index (Phi) is 5.61. The molecule has 2 aromatic rings. The van der Waals surface area contributed by atoms with Crippen LogP contribution in [-0.2, 0) is 4.79 Å². The van der Waals surface area contributed by atoms with E-state index in [0.29, 0.717) is 19.6 Å². The molecule has 1 aliphatic heterocycles. The number of para-hydroxylation sites is 1. The zero-order valence-electron chi connectivity index (χ0n) is 13.7. The number of benzene rings is 1. The molecule has 2 heterocycles. The van der Waals surface area contributed by atoms with Crippen molar-refractivity contribution in [3.63, 3.8) is 0 Å². The van der Waals surface area contributed by atoms with Crippen molar-refractivity contribution >= 4 is 11.7 Å². The van der Waals surface area contributed by atoms with Gasteiger partial charge in [0.05, 0.1) is 13.0 Å². The minimum Gasteiger partial charge on any atom is -0.493 e. The van der Waals surface area contributed by atoms with Gasteiger partial charge in [-0.1, -0.05) is 18.2 Å². The van der Waals surface area contributed by atoms with Crippen molar-refractivity contribution in [3.05, 3.63) is 48.7 Å². The summed E-state index contributed by atoms with van der Waals surface area (Å²) in [7, 11) is 0. The van der Waals surface area contributed by atoms with Crippen molar-refractivity contribution in [2.24, 2.45) is 0 Å². The van der Waals surface area contributed by atoms with Crippen molar-refractivity contribution in [3.8, 4) is 5.75 Å². The van der Waals surface area contributed by atoms with Gasteiger partial charge in [0.2, 0.25) is 5.91 Å². The third-order valence-corrected chi connectivity index (χ3v) is 4.06. The molecule has 6 nitrogen and oxygen atoms in total. The number of hydrogen-bond acceptors (Lipinski definition) is 5. The highest BCUT2D eigenvalue weighted by Crippen LogP contribution is 2.13. The average Bonchev–Trinajstić information content (AvgIpc) is 2.89. The summed E-state index contributed by atoms with van der Waals surface area (Å²) in [6.45, 7) is 3.57. The molecule has 0 saturated carbocycles. The number of rotatable bonds is 5. The highest BCUT2D eigenvalue weighted by Gasteiger charge is 2.19. The van der Waals surface area contributed by atoms with Gasteiger partial charge in [-0.3, -0.25) is 4.79 Å². The smallest absolute Gasteiger partial charge is 0.226 e. The number of aromatic nitrogens is 2. The fourth-order valence-corrected chi connectivity index (χ4v) is 2.79. The molecular formula is C18H22N4O2. The molecule has 0 radical (unpaired) electrons. The van der Waals surface area contributed by atoms with Crippen LogP contribution in [-0.4, -0.2) is 53.8 Å². The van der Waals surface area contributed by atoms with Crippen LogP contribution in [0.25, 0.3) is 0 Å². The first-order chi connectivity index (χ1) is 11.8. The Morgan fingerprint density at radius 2 is 1.92 bits per heavy atom. The van der Waals surface area contributed by atoms with Crippen molar-refractivity contribution in [2.45, 2.75) is 12.8 Å². The molecule has 6 heteroatoms. The van der Waals surface area contributed by atoms with E-state index in [1.807, 2.05) is 47.4 Å².